The first-order valence-corrected chi connectivity index (χ1v) is 7.19. The van der Waals surface area contributed by atoms with Crippen LogP contribution in [-0.4, -0.2) is 42.6 Å². The van der Waals surface area contributed by atoms with Gasteiger partial charge in [0.1, 0.15) is 7.85 Å². The summed E-state index contributed by atoms with van der Waals surface area (Å²) in [4.78, 5) is 37.7. The Morgan fingerprint density at radius 3 is 2.82 bits per heavy atom. The van der Waals surface area contributed by atoms with Crippen molar-refractivity contribution in [3.63, 3.8) is 0 Å². The zero-order valence-electron chi connectivity index (χ0n) is 12.3. The number of benzene rings is 1. The van der Waals surface area contributed by atoms with Gasteiger partial charge in [0.15, 0.2) is 0 Å². The van der Waals surface area contributed by atoms with Crippen LogP contribution in [0.2, 0.25) is 0 Å². The SMILES string of the molecule is B[C@@]1(N2Cc3cc(NCN)ccc3C2=O)CCC(=O)NC1=O. The molecule has 0 spiro atoms. The van der Waals surface area contributed by atoms with Gasteiger partial charge in [0.2, 0.25) is 11.8 Å². The predicted octanol–water partition coefficient (Wildman–Crippen LogP) is -1.26. The summed E-state index contributed by atoms with van der Waals surface area (Å²) >= 11 is 0. The number of rotatable bonds is 3. The van der Waals surface area contributed by atoms with Crippen LogP contribution < -0.4 is 16.4 Å². The Labute approximate surface area is 128 Å². The normalized spacial score (nSPS) is 24.2. The molecule has 0 aromatic heterocycles. The second-order valence-electron chi connectivity index (χ2n) is 5.80. The zero-order valence-corrected chi connectivity index (χ0v) is 12.3. The third kappa shape index (κ3) is 2.16. The van der Waals surface area contributed by atoms with Gasteiger partial charge in [-0.1, -0.05) is 0 Å². The maximum absolute atomic E-state index is 12.6. The van der Waals surface area contributed by atoms with Gasteiger partial charge < -0.3 is 16.0 Å². The number of anilines is 1. The van der Waals surface area contributed by atoms with Crippen molar-refractivity contribution >= 4 is 31.3 Å². The Morgan fingerprint density at radius 1 is 1.36 bits per heavy atom. The van der Waals surface area contributed by atoms with E-state index in [1.54, 1.807) is 24.9 Å². The minimum absolute atomic E-state index is 0.179. The molecule has 4 N–H and O–H groups in total. The van der Waals surface area contributed by atoms with Crippen LogP contribution in [0.5, 0.6) is 0 Å². The lowest BCUT2D eigenvalue weighted by atomic mass is 9.70. The highest BCUT2D eigenvalue weighted by Gasteiger charge is 2.48. The monoisotopic (exact) mass is 300 g/mol. The van der Waals surface area contributed by atoms with Crippen LogP contribution in [0.25, 0.3) is 0 Å². The number of nitrogens with zero attached hydrogens (tertiary/aromatic N) is 1. The van der Waals surface area contributed by atoms with Crippen LogP contribution in [-0.2, 0) is 16.1 Å². The molecule has 7 nitrogen and oxygen atoms in total. The molecule has 8 heteroatoms. The lowest BCUT2D eigenvalue weighted by Gasteiger charge is -2.39. The maximum Gasteiger partial charge on any atom is 0.254 e. The molecular weight excluding hydrogens is 283 g/mol. The molecule has 0 radical (unpaired) electrons. The van der Waals surface area contributed by atoms with Crippen LogP contribution >= 0.6 is 0 Å². The maximum atomic E-state index is 12.6. The van der Waals surface area contributed by atoms with Crippen molar-refractivity contribution in [3.05, 3.63) is 29.3 Å². The van der Waals surface area contributed by atoms with Crippen LogP contribution in [0, 0.1) is 0 Å². The first-order valence-electron chi connectivity index (χ1n) is 7.19. The van der Waals surface area contributed by atoms with E-state index in [0.29, 0.717) is 25.2 Å². The van der Waals surface area contributed by atoms with E-state index in [1.807, 2.05) is 6.07 Å². The average Bonchev–Trinajstić information content (AvgIpc) is 2.81. The standard InChI is InChI=1S/C14H17BN4O3/c15-14(4-3-11(20)18-13(14)22)19-6-8-5-9(17-7-16)1-2-10(8)12(19)21/h1-2,5,17H,3-4,6-7,15-16H2,(H,18,20,22)/t14-/m1/s1. The number of hydrogen-bond donors (Lipinski definition) is 3. The highest BCUT2D eigenvalue weighted by molar-refractivity contribution is 6.32. The summed E-state index contributed by atoms with van der Waals surface area (Å²) in [7, 11) is 1.71. The molecule has 2 aliphatic rings. The third-order valence-electron chi connectivity index (χ3n) is 4.39. The number of nitrogens with two attached hydrogens (primary N) is 1. The van der Waals surface area contributed by atoms with E-state index in [4.69, 9.17) is 5.73 Å². The van der Waals surface area contributed by atoms with Gasteiger partial charge in [-0.05, 0) is 30.2 Å². The van der Waals surface area contributed by atoms with E-state index in [9.17, 15) is 14.4 Å². The fourth-order valence-corrected chi connectivity index (χ4v) is 3.00. The van der Waals surface area contributed by atoms with E-state index in [-0.39, 0.29) is 18.2 Å². The van der Waals surface area contributed by atoms with Crippen LogP contribution in [0.15, 0.2) is 18.2 Å². The van der Waals surface area contributed by atoms with Gasteiger partial charge in [-0.15, -0.1) is 0 Å². The summed E-state index contributed by atoms with van der Waals surface area (Å²) in [6.45, 7) is 0.658. The van der Waals surface area contributed by atoms with Crippen molar-refractivity contribution in [1.29, 1.82) is 0 Å². The first kappa shape index (κ1) is 14.6. The van der Waals surface area contributed by atoms with Crippen LogP contribution in [0.1, 0.15) is 28.8 Å². The fourth-order valence-electron chi connectivity index (χ4n) is 3.00. The highest BCUT2D eigenvalue weighted by atomic mass is 16.2. The molecule has 3 amide bonds. The molecule has 114 valence electrons. The Bertz CT molecular complexity index is 678. The molecule has 1 saturated heterocycles. The van der Waals surface area contributed by atoms with Gasteiger partial charge in [-0.2, -0.15) is 0 Å². The van der Waals surface area contributed by atoms with E-state index in [2.05, 4.69) is 10.6 Å². The summed E-state index contributed by atoms with van der Waals surface area (Å²) in [6, 6.07) is 5.40. The number of nitrogens with one attached hydrogen (secondary N) is 2. The van der Waals surface area contributed by atoms with Crippen LogP contribution in [0.4, 0.5) is 5.69 Å². The van der Waals surface area contributed by atoms with Gasteiger partial charge in [0, 0.05) is 24.2 Å². The summed E-state index contributed by atoms with van der Waals surface area (Å²) < 4.78 is 0. The number of amides is 3. The average molecular weight is 300 g/mol. The largest absolute Gasteiger partial charge is 0.373 e. The molecule has 1 aromatic rings. The fraction of sp³-hybridized carbons (Fsp3) is 0.357. The van der Waals surface area contributed by atoms with Crippen molar-refractivity contribution in [1.82, 2.24) is 10.2 Å². The van der Waals surface area contributed by atoms with Gasteiger partial charge in [-0.25, -0.2) is 0 Å². The number of hydrogen-bond acceptors (Lipinski definition) is 5. The Morgan fingerprint density at radius 2 is 2.14 bits per heavy atom. The Balaban J connectivity index is 1.90. The minimum atomic E-state index is -0.995. The first-order chi connectivity index (χ1) is 10.5. The van der Waals surface area contributed by atoms with Crippen molar-refractivity contribution in [2.45, 2.75) is 24.8 Å². The summed E-state index contributed by atoms with van der Waals surface area (Å²) in [6.07, 6.45) is 0.577. The summed E-state index contributed by atoms with van der Waals surface area (Å²) in [5.41, 5.74) is 6.75. The molecule has 0 aliphatic carbocycles. The number of carbonyl (C=O) groups is 3. The van der Waals surface area contributed by atoms with Crippen molar-refractivity contribution in [2.75, 3.05) is 12.0 Å². The zero-order chi connectivity index (χ0) is 15.9. The number of imide groups is 1. The van der Waals surface area contributed by atoms with Gasteiger partial charge >= 0.3 is 0 Å². The lowest BCUT2D eigenvalue weighted by molar-refractivity contribution is -0.138. The van der Waals surface area contributed by atoms with Crippen molar-refractivity contribution in [3.8, 4) is 0 Å². The second kappa shape index (κ2) is 5.13. The molecule has 1 aromatic carbocycles. The smallest absolute Gasteiger partial charge is 0.254 e. The van der Waals surface area contributed by atoms with E-state index < -0.39 is 11.3 Å². The van der Waals surface area contributed by atoms with Gasteiger partial charge in [-0.3, -0.25) is 19.7 Å². The van der Waals surface area contributed by atoms with E-state index >= 15 is 0 Å². The molecule has 0 saturated carbocycles. The predicted molar refractivity (Wildman–Crippen MR) is 82.7 cm³/mol. The Hall–Kier alpha value is -2.35. The molecule has 22 heavy (non-hydrogen) atoms. The number of carbonyl (C=O) groups excluding carboxylic acids is 3. The summed E-state index contributed by atoms with van der Waals surface area (Å²) in [5.74, 6) is -0.882. The van der Waals surface area contributed by atoms with Crippen molar-refractivity contribution < 1.29 is 14.4 Å². The number of fused-ring (bicyclic) bond motifs is 1. The molecule has 0 unspecified atom stereocenters. The van der Waals surface area contributed by atoms with Gasteiger partial charge in [0.05, 0.1) is 12.1 Å². The highest BCUT2D eigenvalue weighted by Crippen LogP contribution is 2.33. The summed E-state index contributed by atoms with van der Waals surface area (Å²) in [5, 5.41) is 5.32. The minimum Gasteiger partial charge on any atom is -0.373 e. The molecule has 2 heterocycles. The van der Waals surface area contributed by atoms with Crippen molar-refractivity contribution in [2.24, 2.45) is 5.73 Å². The molecule has 3 rings (SSSR count). The molecule has 2 aliphatic heterocycles. The molecular formula is C14H17BN4O3. The quantitative estimate of drug-likeness (QED) is 0.367. The van der Waals surface area contributed by atoms with Gasteiger partial charge in [0.25, 0.3) is 5.91 Å². The molecule has 0 bridgehead atoms. The molecule has 1 fully saturated rings. The topological polar surface area (TPSA) is 105 Å². The van der Waals surface area contributed by atoms with Crippen LogP contribution in [0.3, 0.4) is 0 Å². The Kier molecular flexibility index (Phi) is 3.40. The lowest BCUT2D eigenvalue weighted by Crippen LogP contribution is -2.63. The third-order valence-corrected chi connectivity index (χ3v) is 4.39. The second-order valence-corrected chi connectivity index (χ2v) is 5.80. The number of piperidine rings is 1. The van der Waals surface area contributed by atoms with E-state index in [1.165, 1.54) is 0 Å². The van der Waals surface area contributed by atoms with E-state index in [0.717, 1.165) is 11.3 Å². The molecule has 1 atom stereocenters.